The average molecular weight is 215 g/mol. The summed E-state index contributed by atoms with van der Waals surface area (Å²) in [4.78, 5) is 13.5. The van der Waals surface area contributed by atoms with Crippen LogP contribution in [0.4, 0.5) is 0 Å². The normalized spacial score (nSPS) is 20.3. The number of carbonyl (C=O) groups excluding carboxylic acids is 1. The van der Waals surface area contributed by atoms with Crippen LogP contribution in [0.5, 0.6) is 0 Å². The summed E-state index contributed by atoms with van der Waals surface area (Å²) in [6, 6.07) is 0. The molecule has 1 N–H and O–H groups in total. The zero-order valence-corrected chi connectivity index (χ0v) is 9.66. The van der Waals surface area contributed by atoms with E-state index in [-0.39, 0.29) is 5.91 Å². The summed E-state index contributed by atoms with van der Waals surface area (Å²) in [5.41, 5.74) is -0.580. The van der Waals surface area contributed by atoms with Crippen LogP contribution < -0.4 is 0 Å². The molecule has 1 aliphatic heterocycles. The number of hydrogen-bond acceptors (Lipinski definition) is 3. The molecule has 1 fully saturated rings. The molecular weight excluding hydrogens is 194 g/mol. The maximum Gasteiger partial charge on any atom is 0.222 e. The lowest BCUT2D eigenvalue weighted by molar-refractivity contribution is -0.135. The van der Waals surface area contributed by atoms with Crippen LogP contribution in [0, 0.1) is 0 Å². The minimum atomic E-state index is -0.580. The van der Waals surface area contributed by atoms with E-state index in [1.54, 1.807) is 7.11 Å². The van der Waals surface area contributed by atoms with Crippen molar-refractivity contribution in [3.63, 3.8) is 0 Å². The third-order valence-electron chi connectivity index (χ3n) is 2.93. The molecule has 0 unspecified atom stereocenters. The number of hydrogen-bond donors (Lipinski definition) is 1. The van der Waals surface area contributed by atoms with Crippen LogP contribution in [0.2, 0.25) is 0 Å². The molecule has 1 aliphatic rings. The van der Waals surface area contributed by atoms with Crippen LogP contribution in [-0.4, -0.2) is 48.3 Å². The molecule has 0 saturated carbocycles. The Labute approximate surface area is 91.2 Å². The maximum atomic E-state index is 11.7. The Hall–Kier alpha value is -0.610. The van der Waals surface area contributed by atoms with E-state index in [4.69, 9.17) is 4.74 Å². The van der Waals surface area contributed by atoms with Crippen molar-refractivity contribution in [3.05, 3.63) is 0 Å². The summed E-state index contributed by atoms with van der Waals surface area (Å²) in [6.45, 7) is 3.83. The summed E-state index contributed by atoms with van der Waals surface area (Å²) < 4.78 is 4.90. The molecule has 0 spiro atoms. The van der Waals surface area contributed by atoms with Gasteiger partial charge in [-0.15, -0.1) is 0 Å². The Balaban J connectivity index is 2.24. The van der Waals surface area contributed by atoms with E-state index in [2.05, 4.69) is 0 Å². The second-order valence-corrected chi connectivity index (χ2v) is 4.47. The predicted octanol–water partition coefficient (Wildman–Crippen LogP) is 0.786. The first kappa shape index (κ1) is 12.5. The molecule has 88 valence electrons. The van der Waals surface area contributed by atoms with Crippen LogP contribution in [0.1, 0.15) is 32.6 Å². The van der Waals surface area contributed by atoms with Gasteiger partial charge in [-0.3, -0.25) is 4.79 Å². The Bertz CT molecular complexity index is 206. The summed E-state index contributed by atoms with van der Waals surface area (Å²) in [7, 11) is 1.64. The molecule has 1 heterocycles. The number of nitrogens with zero attached hydrogens (tertiary/aromatic N) is 1. The van der Waals surface area contributed by atoms with E-state index in [9.17, 15) is 9.90 Å². The highest BCUT2D eigenvalue weighted by atomic mass is 16.5. The minimum Gasteiger partial charge on any atom is -0.390 e. The van der Waals surface area contributed by atoms with Crippen molar-refractivity contribution >= 4 is 5.91 Å². The molecule has 0 aliphatic carbocycles. The zero-order chi connectivity index (χ0) is 11.3. The highest BCUT2D eigenvalue weighted by molar-refractivity contribution is 5.76. The number of ether oxygens (including phenoxy) is 1. The smallest absolute Gasteiger partial charge is 0.222 e. The second kappa shape index (κ2) is 5.47. The molecule has 0 aromatic heterocycles. The van der Waals surface area contributed by atoms with Gasteiger partial charge in [0.2, 0.25) is 5.91 Å². The van der Waals surface area contributed by atoms with Crippen LogP contribution in [0.25, 0.3) is 0 Å². The van der Waals surface area contributed by atoms with Crippen LogP contribution in [0.15, 0.2) is 0 Å². The van der Waals surface area contributed by atoms with E-state index in [0.29, 0.717) is 39.0 Å². The lowest BCUT2D eigenvalue weighted by Gasteiger charge is -2.35. The Morgan fingerprint density at radius 2 is 2.07 bits per heavy atom. The second-order valence-electron chi connectivity index (χ2n) is 4.47. The van der Waals surface area contributed by atoms with Crippen LogP contribution >= 0.6 is 0 Å². The van der Waals surface area contributed by atoms with Crippen molar-refractivity contribution in [1.82, 2.24) is 4.90 Å². The van der Waals surface area contributed by atoms with Gasteiger partial charge in [0.25, 0.3) is 0 Å². The molecular formula is C11H21NO3. The predicted molar refractivity (Wildman–Crippen MR) is 57.5 cm³/mol. The summed E-state index contributed by atoms with van der Waals surface area (Å²) in [5, 5.41) is 9.73. The fourth-order valence-electron chi connectivity index (χ4n) is 1.76. The van der Waals surface area contributed by atoms with E-state index >= 15 is 0 Å². The average Bonchev–Trinajstić information content (AvgIpc) is 2.18. The van der Waals surface area contributed by atoms with Gasteiger partial charge in [-0.1, -0.05) is 0 Å². The van der Waals surface area contributed by atoms with Crippen molar-refractivity contribution in [1.29, 1.82) is 0 Å². The maximum absolute atomic E-state index is 11.7. The topological polar surface area (TPSA) is 49.8 Å². The van der Waals surface area contributed by atoms with Crippen molar-refractivity contribution < 1.29 is 14.6 Å². The van der Waals surface area contributed by atoms with Crippen molar-refractivity contribution in [2.75, 3.05) is 26.8 Å². The standard InChI is InChI=1S/C11H21NO3/c1-11(14)5-7-12(8-6-11)10(13)4-3-9-15-2/h14H,3-9H2,1-2H3. The van der Waals surface area contributed by atoms with E-state index in [0.717, 1.165) is 6.42 Å². The van der Waals surface area contributed by atoms with Gasteiger partial charge in [0.1, 0.15) is 0 Å². The number of aliphatic hydroxyl groups is 1. The monoisotopic (exact) mass is 215 g/mol. The fraction of sp³-hybridized carbons (Fsp3) is 0.909. The molecule has 4 nitrogen and oxygen atoms in total. The third kappa shape index (κ3) is 4.18. The first-order valence-electron chi connectivity index (χ1n) is 5.54. The molecule has 0 bridgehead atoms. The number of piperidine rings is 1. The molecule has 1 amide bonds. The Morgan fingerprint density at radius 3 is 2.60 bits per heavy atom. The van der Waals surface area contributed by atoms with Gasteiger partial charge in [0.05, 0.1) is 5.60 Å². The number of amides is 1. The molecule has 1 rings (SSSR count). The molecule has 0 radical (unpaired) electrons. The van der Waals surface area contributed by atoms with Crippen molar-refractivity contribution in [3.8, 4) is 0 Å². The summed E-state index contributed by atoms with van der Waals surface area (Å²) >= 11 is 0. The van der Waals surface area contributed by atoms with Gasteiger partial charge in [-0.05, 0) is 26.2 Å². The first-order chi connectivity index (χ1) is 7.05. The Morgan fingerprint density at radius 1 is 1.47 bits per heavy atom. The highest BCUT2D eigenvalue weighted by Gasteiger charge is 2.29. The highest BCUT2D eigenvalue weighted by Crippen LogP contribution is 2.21. The quantitative estimate of drug-likeness (QED) is 0.705. The molecule has 4 heteroatoms. The zero-order valence-electron chi connectivity index (χ0n) is 9.66. The number of likely N-dealkylation sites (tertiary alicyclic amines) is 1. The van der Waals surface area contributed by atoms with E-state index in [1.807, 2.05) is 11.8 Å². The van der Waals surface area contributed by atoms with Gasteiger partial charge >= 0.3 is 0 Å². The van der Waals surface area contributed by atoms with Crippen molar-refractivity contribution in [2.45, 2.75) is 38.2 Å². The molecule has 0 aromatic rings. The molecule has 0 aromatic carbocycles. The van der Waals surface area contributed by atoms with Gasteiger partial charge in [0, 0.05) is 33.2 Å². The van der Waals surface area contributed by atoms with Gasteiger partial charge in [-0.2, -0.15) is 0 Å². The van der Waals surface area contributed by atoms with E-state index in [1.165, 1.54) is 0 Å². The molecule has 1 saturated heterocycles. The van der Waals surface area contributed by atoms with Gasteiger partial charge in [0.15, 0.2) is 0 Å². The molecule has 0 atom stereocenters. The number of rotatable bonds is 4. The summed E-state index contributed by atoms with van der Waals surface area (Å²) in [5.74, 6) is 0.183. The van der Waals surface area contributed by atoms with Crippen molar-refractivity contribution in [2.24, 2.45) is 0 Å². The van der Waals surface area contributed by atoms with Crippen LogP contribution in [-0.2, 0) is 9.53 Å². The Kier molecular flexibility index (Phi) is 4.54. The van der Waals surface area contributed by atoms with E-state index < -0.39 is 5.60 Å². The van der Waals surface area contributed by atoms with Gasteiger partial charge in [-0.25, -0.2) is 0 Å². The number of carbonyl (C=O) groups is 1. The first-order valence-corrected chi connectivity index (χ1v) is 5.54. The minimum absolute atomic E-state index is 0.183. The fourth-order valence-corrected chi connectivity index (χ4v) is 1.76. The lowest BCUT2D eigenvalue weighted by Crippen LogP contribution is -2.45. The third-order valence-corrected chi connectivity index (χ3v) is 2.93. The summed E-state index contributed by atoms with van der Waals surface area (Å²) in [6.07, 6.45) is 2.70. The SMILES string of the molecule is COCCCC(=O)N1CCC(C)(O)CC1. The number of methoxy groups -OCH3 is 1. The van der Waals surface area contributed by atoms with Gasteiger partial charge < -0.3 is 14.7 Å². The molecule has 15 heavy (non-hydrogen) atoms. The van der Waals surface area contributed by atoms with Crippen LogP contribution in [0.3, 0.4) is 0 Å². The lowest BCUT2D eigenvalue weighted by atomic mass is 9.93. The largest absolute Gasteiger partial charge is 0.390 e.